The molecular weight excluding hydrogens is 308 g/mol. The van der Waals surface area contributed by atoms with E-state index < -0.39 is 0 Å². The number of pyridine rings is 1. The van der Waals surface area contributed by atoms with E-state index in [1.807, 2.05) is 30.7 Å². The van der Waals surface area contributed by atoms with Crippen molar-refractivity contribution in [3.63, 3.8) is 0 Å². The second-order valence-electron chi connectivity index (χ2n) is 5.73. The van der Waals surface area contributed by atoms with E-state index in [9.17, 15) is 0 Å². The molecule has 3 aromatic rings. The quantitative estimate of drug-likeness (QED) is 0.723. The van der Waals surface area contributed by atoms with Crippen LogP contribution in [0.4, 0.5) is 0 Å². The van der Waals surface area contributed by atoms with Crippen LogP contribution in [0.1, 0.15) is 17.3 Å². The highest BCUT2D eigenvalue weighted by Crippen LogP contribution is 2.23. The van der Waals surface area contributed by atoms with Crippen molar-refractivity contribution in [3.8, 4) is 5.88 Å². The number of thiophene rings is 1. The highest BCUT2D eigenvalue weighted by Gasteiger charge is 2.25. The van der Waals surface area contributed by atoms with Crippen LogP contribution in [0, 0.1) is 0 Å². The Balaban J connectivity index is 1.47. The molecule has 0 aliphatic carbocycles. The van der Waals surface area contributed by atoms with E-state index in [1.54, 1.807) is 17.5 Å². The van der Waals surface area contributed by atoms with Crippen molar-refractivity contribution in [1.29, 1.82) is 0 Å². The minimum Gasteiger partial charge on any atom is -0.475 e. The van der Waals surface area contributed by atoms with Crippen LogP contribution in [-0.2, 0) is 13.1 Å². The van der Waals surface area contributed by atoms with Gasteiger partial charge in [-0.1, -0.05) is 6.07 Å². The second kappa shape index (κ2) is 6.52. The van der Waals surface area contributed by atoms with E-state index in [0.717, 1.165) is 19.6 Å². The fraction of sp³-hybridized carbons (Fsp3) is 0.294. The van der Waals surface area contributed by atoms with Gasteiger partial charge in [0.05, 0.1) is 18.1 Å². The normalized spacial score (nSPS) is 17.8. The molecule has 0 saturated carbocycles. The standard InChI is InChI=1S/C17H18N4OS/c1-2-5-19-17(3-1)22-11-16-10-20(8-14-4-6-23-12-14)9-15-7-18-13-21(15)16/h1-7,12-13,16H,8-11H2. The zero-order valence-corrected chi connectivity index (χ0v) is 13.5. The van der Waals surface area contributed by atoms with Crippen molar-refractivity contribution in [2.24, 2.45) is 0 Å². The number of hydrogen-bond donors (Lipinski definition) is 0. The molecule has 0 saturated heterocycles. The maximum Gasteiger partial charge on any atom is 0.213 e. The van der Waals surface area contributed by atoms with E-state index in [2.05, 4.69) is 36.3 Å². The number of hydrogen-bond acceptors (Lipinski definition) is 5. The van der Waals surface area contributed by atoms with Gasteiger partial charge in [-0.3, -0.25) is 4.90 Å². The lowest BCUT2D eigenvalue weighted by Gasteiger charge is -2.34. The fourth-order valence-electron chi connectivity index (χ4n) is 2.97. The average molecular weight is 326 g/mol. The van der Waals surface area contributed by atoms with Gasteiger partial charge < -0.3 is 9.30 Å². The number of fused-ring (bicyclic) bond motifs is 1. The maximum absolute atomic E-state index is 5.87. The van der Waals surface area contributed by atoms with Gasteiger partial charge in [-0.15, -0.1) is 0 Å². The number of aromatic nitrogens is 3. The summed E-state index contributed by atoms with van der Waals surface area (Å²) in [5.41, 5.74) is 2.61. The minimum atomic E-state index is 0.252. The van der Waals surface area contributed by atoms with E-state index in [4.69, 9.17) is 4.74 Å². The van der Waals surface area contributed by atoms with Crippen molar-refractivity contribution in [1.82, 2.24) is 19.4 Å². The molecule has 5 nitrogen and oxygen atoms in total. The summed E-state index contributed by atoms with van der Waals surface area (Å²) in [6.45, 7) is 3.44. The van der Waals surface area contributed by atoms with Gasteiger partial charge in [-0.25, -0.2) is 9.97 Å². The van der Waals surface area contributed by atoms with Crippen LogP contribution in [0.15, 0.2) is 53.7 Å². The summed E-state index contributed by atoms with van der Waals surface area (Å²) in [6.07, 6.45) is 5.61. The fourth-order valence-corrected chi connectivity index (χ4v) is 3.63. The van der Waals surface area contributed by atoms with E-state index in [-0.39, 0.29) is 6.04 Å². The van der Waals surface area contributed by atoms with Crippen LogP contribution in [-0.4, -0.2) is 32.6 Å². The molecule has 1 aliphatic heterocycles. The van der Waals surface area contributed by atoms with Crippen molar-refractivity contribution in [3.05, 3.63) is 65.0 Å². The number of nitrogens with zero attached hydrogens (tertiary/aromatic N) is 4. The number of imidazole rings is 1. The Morgan fingerprint density at radius 3 is 3.13 bits per heavy atom. The van der Waals surface area contributed by atoms with Gasteiger partial charge in [0, 0.05) is 38.1 Å². The molecule has 0 amide bonds. The van der Waals surface area contributed by atoms with E-state index in [1.165, 1.54) is 11.3 Å². The van der Waals surface area contributed by atoms with Crippen LogP contribution in [0.2, 0.25) is 0 Å². The summed E-state index contributed by atoms with van der Waals surface area (Å²) >= 11 is 1.75. The molecule has 4 rings (SSSR count). The predicted octanol–water partition coefficient (Wildman–Crippen LogP) is 2.98. The molecule has 23 heavy (non-hydrogen) atoms. The van der Waals surface area contributed by atoms with Crippen LogP contribution >= 0.6 is 11.3 Å². The molecule has 1 unspecified atom stereocenters. The Labute approximate surface area is 139 Å². The van der Waals surface area contributed by atoms with Crippen LogP contribution in [0.3, 0.4) is 0 Å². The van der Waals surface area contributed by atoms with Gasteiger partial charge in [0.25, 0.3) is 0 Å². The molecule has 0 spiro atoms. The monoisotopic (exact) mass is 326 g/mol. The third-order valence-corrected chi connectivity index (χ3v) is 4.77. The smallest absolute Gasteiger partial charge is 0.213 e. The topological polar surface area (TPSA) is 43.2 Å². The first kappa shape index (κ1) is 14.4. The molecule has 118 valence electrons. The molecule has 4 heterocycles. The van der Waals surface area contributed by atoms with Gasteiger partial charge >= 0.3 is 0 Å². The SMILES string of the molecule is c1ccc(OCC2CN(Cc3ccsc3)Cc3cncn32)nc1. The van der Waals surface area contributed by atoms with Crippen LogP contribution < -0.4 is 4.74 Å². The summed E-state index contributed by atoms with van der Waals surface area (Å²) in [5, 5.41) is 4.34. The first-order chi connectivity index (χ1) is 11.4. The molecule has 3 aromatic heterocycles. The lowest BCUT2D eigenvalue weighted by molar-refractivity contribution is 0.134. The summed E-state index contributed by atoms with van der Waals surface area (Å²) in [5.74, 6) is 0.670. The van der Waals surface area contributed by atoms with Gasteiger partial charge in [0.1, 0.15) is 6.61 Å². The average Bonchev–Trinajstić information content (AvgIpc) is 3.25. The van der Waals surface area contributed by atoms with Gasteiger partial charge in [-0.2, -0.15) is 11.3 Å². The Morgan fingerprint density at radius 1 is 1.30 bits per heavy atom. The van der Waals surface area contributed by atoms with Crippen molar-refractivity contribution in [2.75, 3.05) is 13.2 Å². The zero-order valence-electron chi connectivity index (χ0n) is 12.7. The second-order valence-corrected chi connectivity index (χ2v) is 6.51. The van der Waals surface area contributed by atoms with Gasteiger partial charge in [0.2, 0.25) is 5.88 Å². The van der Waals surface area contributed by atoms with Crippen molar-refractivity contribution < 1.29 is 4.74 Å². The third kappa shape index (κ3) is 3.28. The van der Waals surface area contributed by atoms with E-state index >= 15 is 0 Å². The molecule has 0 fully saturated rings. The Bertz CT molecular complexity index is 741. The molecule has 6 heteroatoms. The maximum atomic E-state index is 5.87. The van der Waals surface area contributed by atoms with Crippen molar-refractivity contribution in [2.45, 2.75) is 19.1 Å². The number of ether oxygens (including phenoxy) is 1. The number of rotatable bonds is 5. The van der Waals surface area contributed by atoms with Crippen LogP contribution in [0.25, 0.3) is 0 Å². The lowest BCUT2D eigenvalue weighted by atomic mass is 10.1. The van der Waals surface area contributed by atoms with E-state index in [0.29, 0.717) is 12.5 Å². The molecule has 0 bridgehead atoms. The molecule has 1 aliphatic rings. The lowest BCUT2D eigenvalue weighted by Crippen LogP contribution is -2.38. The highest BCUT2D eigenvalue weighted by atomic mass is 32.1. The first-order valence-electron chi connectivity index (χ1n) is 7.66. The molecular formula is C17H18N4OS. The highest BCUT2D eigenvalue weighted by molar-refractivity contribution is 7.07. The van der Waals surface area contributed by atoms with Crippen LogP contribution in [0.5, 0.6) is 5.88 Å². The third-order valence-electron chi connectivity index (χ3n) is 4.04. The molecule has 1 atom stereocenters. The molecule has 0 aromatic carbocycles. The Hall–Kier alpha value is -2.18. The molecule has 0 N–H and O–H groups in total. The van der Waals surface area contributed by atoms with Gasteiger partial charge in [0.15, 0.2) is 0 Å². The summed E-state index contributed by atoms with van der Waals surface area (Å²) in [4.78, 5) is 11.0. The Kier molecular flexibility index (Phi) is 4.08. The summed E-state index contributed by atoms with van der Waals surface area (Å²) in [6, 6.07) is 8.16. The largest absolute Gasteiger partial charge is 0.475 e. The summed E-state index contributed by atoms with van der Waals surface area (Å²) < 4.78 is 8.10. The first-order valence-corrected chi connectivity index (χ1v) is 8.61. The molecule has 0 radical (unpaired) electrons. The van der Waals surface area contributed by atoms with Crippen molar-refractivity contribution >= 4 is 11.3 Å². The Morgan fingerprint density at radius 2 is 2.30 bits per heavy atom. The summed E-state index contributed by atoms with van der Waals surface area (Å²) in [7, 11) is 0. The minimum absolute atomic E-state index is 0.252. The predicted molar refractivity (Wildman–Crippen MR) is 89.4 cm³/mol. The zero-order chi connectivity index (χ0) is 15.5. The van der Waals surface area contributed by atoms with Gasteiger partial charge in [-0.05, 0) is 28.5 Å².